The maximum absolute atomic E-state index is 12.5. The molecule has 2 aliphatic rings. The molecule has 2 aromatic rings. The van der Waals surface area contributed by atoms with Crippen molar-refractivity contribution in [3.05, 3.63) is 70.6 Å². The second kappa shape index (κ2) is 10.4. The molecule has 1 amide bonds. The van der Waals surface area contributed by atoms with E-state index in [0.29, 0.717) is 24.5 Å². The van der Waals surface area contributed by atoms with Crippen molar-refractivity contribution in [2.45, 2.75) is 69.7 Å². The third-order valence-electron chi connectivity index (χ3n) is 6.63. The predicted octanol–water partition coefficient (Wildman–Crippen LogP) is 5.21. The lowest BCUT2D eigenvalue weighted by Gasteiger charge is -2.21. The minimum Gasteiger partial charge on any atom is -0.353 e. The van der Waals surface area contributed by atoms with E-state index in [0.717, 1.165) is 50.5 Å². The van der Waals surface area contributed by atoms with Gasteiger partial charge in [-0.3, -0.25) is 9.78 Å². The third-order valence-corrected chi connectivity index (χ3v) is 6.63. The van der Waals surface area contributed by atoms with Crippen LogP contribution in [0.5, 0.6) is 0 Å². The number of hydrogen-bond donors (Lipinski definition) is 2. The summed E-state index contributed by atoms with van der Waals surface area (Å²) in [5, 5.41) is 11.2. The number of benzene rings is 1. The maximum Gasteiger partial charge on any atom is 0.220 e. The first-order valence-electron chi connectivity index (χ1n) is 11.7. The van der Waals surface area contributed by atoms with Crippen LogP contribution in [0.1, 0.15) is 78.8 Å². The van der Waals surface area contributed by atoms with Gasteiger partial charge in [0.15, 0.2) is 0 Å². The summed E-state index contributed by atoms with van der Waals surface area (Å²) < 4.78 is 0. The van der Waals surface area contributed by atoms with Crippen LogP contribution in [0.4, 0.5) is 0 Å². The Bertz CT molecular complexity index is 1060. The molecule has 32 heavy (non-hydrogen) atoms. The van der Waals surface area contributed by atoms with Crippen LogP contribution in [-0.4, -0.2) is 22.6 Å². The van der Waals surface area contributed by atoms with E-state index in [9.17, 15) is 4.79 Å². The largest absolute Gasteiger partial charge is 0.353 e. The fourth-order valence-corrected chi connectivity index (χ4v) is 4.94. The number of carbonyl (C=O) groups excluding carboxylic acids is 1. The van der Waals surface area contributed by atoms with Gasteiger partial charge in [-0.1, -0.05) is 30.6 Å². The summed E-state index contributed by atoms with van der Waals surface area (Å²) in [6, 6.07) is 10.3. The van der Waals surface area contributed by atoms with Gasteiger partial charge in [-0.05, 0) is 79.5 Å². The summed E-state index contributed by atoms with van der Waals surface area (Å²) in [5.74, 6) is 3.24. The Kier molecular flexibility index (Phi) is 7.17. The van der Waals surface area contributed by atoms with Gasteiger partial charge in [0, 0.05) is 42.3 Å². The zero-order valence-corrected chi connectivity index (χ0v) is 18.6. The van der Waals surface area contributed by atoms with E-state index in [1.807, 2.05) is 36.5 Å². The van der Waals surface area contributed by atoms with Gasteiger partial charge < -0.3 is 10.7 Å². The molecule has 164 valence electrons. The third kappa shape index (κ3) is 5.53. The van der Waals surface area contributed by atoms with E-state index >= 15 is 0 Å². The van der Waals surface area contributed by atoms with Crippen LogP contribution in [0.2, 0.25) is 0 Å². The van der Waals surface area contributed by atoms with Crippen LogP contribution in [-0.2, 0) is 17.6 Å². The summed E-state index contributed by atoms with van der Waals surface area (Å²) in [7, 11) is 0. The zero-order chi connectivity index (χ0) is 22.3. The molecule has 1 aromatic heterocycles. The maximum atomic E-state index is 12.5. The molecule has 2 atom stereocenters. The number of amides is 1. The van der Waals surface area contributed by atoms with E-state index in [2.05, 4.69) is 23.4 Å². The number of nitrogens with zero attached hydrogens (tertiary/aromatic N) is 1. The molecular weight excluding hydrogens is 394 g/mol. The van der Waals surface area contributed by atoms with Gasteiger partial charge in [-0.15, -0.1) is 6.42 Å². The van der Waals surface area contributed by atoms with Gasteiger partial charge >= 0.3 is 0 Å². The molecule has 1 fully saturated rings. The monoisotopic (exact) mass is 425 g/mol. The smallest absolute Gasteiger partial charge is 0.220 e. The van der Waals surface area contributed by atoms with Crippen LogP contribution in [0, 0.1) is 17.8 Å². The van der Waals surface area contributed by atoms with Crippen LogP contribution in [0.3, 0.4) is 0 Å². The Labute approximate surface area is 191 Å². The standard InChI is InChI=1S/C28H31N3O/c1-2-20-6-3-7-21(18-20)8-4-11-27(32)31-25-10-5-9-22(12-14-25)28-26-15-13-24(29)19-23(26)16-17-30-28/h1,3,6-7,13,15-18,22,25,29H,4-5,8-12,14,19H2,(H,31,32). The second-order valence-corrected chi connectivity index (χ2v) is 8.97. The topological polar surface area (TPSA) is 65.8 Å². The number of aromatic nitrogens is 1. The number of carbonyl (C=O) groups is 1. The van der Waals surface area contributed by atoms with E-state index in [1.54, 1.807) is 0 Å². The Balaban J connectivity index is 1.27. The van der Waals surface area contributed by atoms with Crippen molar-refractivity contribution in [2.24, 2.45) is 0 Å². The average Bonchev–Trinajstić information content (AvgIpc) is 3.04. The number of pyridine rings is 1. The SMILES string of the molecule is C#Cc1cccc(CCCC(=O)NC2CCCC(c3nccc4c3C=CC(=N)C4)CC2)c1. The lowest BCUT2D eigenvalue weighted by molar-refractivity contribution is -0.121. The fourth-order valence-electron chi connectivity index (χ4n) is 4.94. The molecule has 0 saturated heterocycles. The van der Waals surface area contributed by atoms with Gasteiger partial charge in [-0.2, -0.15) is 0 Å². The highest BCUT2D eigenvalue weighted by Crippen LogP contribution is 2.35. The molecule has 2 unspecified atom stereocenters. The Morgan fingerprint density at radius 1 is 1.19 bits per heavy atom. The second-order valence-electron chi connectivity index (χ2n) is 8.97. The molecule has 0 spiro atoms. The number of allylic oxidation sites excluding steroid dienone is 1. The van der Waals surface area contributed by atoms with Crippen LogP contribution >= 0.6 is 0 Å². The molecular formula is C28H31N3O. The van der Waals surface area contributed by atoms with Crippen LogP contribution in [0.15, 0.2) is 42.6 Å². The van der Waals surface area contributed by atoms with Crippen molar-refractivity contribution in [2.75, 3.05) is 0 Å². The van der Waals surface area contributed by atoms with Gasteiger partial charge in [0.1, 0.15) is 0 Å². The summed E-state index contributed by atoms with van der Waals surface area (Å²) in [6.45, 7) is 0. The molecule has 4 nitrogen and oxygen atoms in total. The first-order chi connectivity index (χ1) is 15.6. The summed E-state index contributed by atoms with van der Waals surface area (Å²) in [6.07, 6.45) is 19.5. The van der Waals surface area contributed by atoms with Crippen molar-refractivity contribution in [1.29, 1.82) is 5.41 Å². The minimum atomic E-state index is 0.151. The highest BCUT2D eigenvalue weighted by molar-refractivity contribution is 6.00. The zero-order valence-electron chi connectivity index (χ0n) is 18.6. The first-order valence-corrected chi connectivity index (χ1v) is 11.7. The molecule has 0 radical (unpaired) electrons. The fraction of sp³-hybridized carbons (Fsp3) is 0.393. The average molecular weight is 426 g/mol. The molecule has 1 heterocycles. The van der Waals surface area contributed by atoms with Gasteiger partial charge in [0.05, 0.1) is 5.69 Å². The first kappa shape index (κ1) is 22.0. The van der Waals surface area contributed by atoms with Gasteiger partial charge in [0.25, 0.3) is 0 Å². The van der Waals surface area contributed by atoms with Crippen LogP contribution in [0.25, 0.3) is 6.08 Å². The van der Waals surface area contributed by atoms with Gasteiger partial charge in [-0.25, -0.2) is 0 Å². The van der Waals surface area contributed by atoms with E-state index in [4.69, 9.17) is 16.8 Å². The molecule has 1 saturated carbocycles. The van der Waals surface area contributed by atoms with Crippen molar-refractivity contribution >= 4 is 17.7 Å². The highest BCUT2D eigenvalue weighted by Gasteiger charge is 2.25. The number of fused-ring (bicyclic) bond motifs is 1. The summed E-state index contributed by atoms with van der Waals surface area (Å²) in [4.78, 5) is 17.3. The molecule has 0 aliphatic heterocycles. The van der Waals surface area contributed by atoms with Crippen molar-refractivity contribution in [3.63, 3.8) is 0 Å². The molecule has 2 aliphatic carbocycles. The minimum absolute atomic E-state index is 0.151. The molecule has 4 heteroatoms. The molecule has 1 aromatic carbocycles. The van der Waals surface area contributed by atoms with Gasteiger partial charge in [0.2, 0.25) is 5.91 Å². The molecule has 0 bridgehead atoms. The van der Waals surface area contributed by atoms with Crippen LogP contribution < -0.4 is 5.32 Å². The normalized spacial score (nSPS) is 20.2. The number of terminal acetylenes is 1. The lowest BCUT2D eigenvalue weighted by Crippen LogP contribution is -2.34. The lowest BCUT2D eigenvalue weighted by atomic mass is 9.87. The van der Waals surface area contributed by atoms with Crippen molar-refractivity contribution < 1.29 is 4.79 Å². The number of nitrogens with one attached hydrogen (secondary N) is 2. The number of hydrogen-bond acceptors (Lipinski definition) is 3. The summed E-state index contributed by atoms with van der Waals surface area (Å²) >= 11 is 0. The van der Waals surface area contributed by atoms with E-state index < -0.39 is 0 Å². The quantitative estimate of drug-likeness (QED) is 0.493. The van der Waals surface area contributed by atoms with E-state index in [1.165, 1.54) is 22.4 Å². The Hall–Kier alpha value is -3.19. The number of rotatable bonds is 6. The predicted molar refractivity (Wildman–Crippen MR) is 130 cm³/mol. The Morgan fingerprint density at radius 3 is 2.97 bits per heavy atom. The van der Waals surface area contributed by atoms with Crippen molar-refractivity contribution in [3.8, 4) is 12.3 Å². The Morgan fingerprint density at radius 2 is 2.09 bits per heavy atom. The van der Waals surface area contributed by atoms with E-state index in [-0.39, 0.29) is 11.9 Å². The van der Waals surface area contributed by atoms with Crippen molar-refractivity contribution in [1.82, 2.24) is 10.3 Å². The molecule has 4 rings (SSSR count). The number of aryl methyl sites for hydroxylation is 1. The summed E-state index contributed by atoms with van der Waals surface area (Å²) in [5.41, 5.74) is 6.33. The highest BCUT2D eigenvalue weighted by atomic mass is 16.1. The molecule has 2 N–H and O–H groups in total.